The lowest BCUT2D eigenvalue weighted by Crippen LogP contribution is -2.65. The molecule has 2 aliphatic rings. The lowest BCUT2D eigenvalue weighted by atomic mass is 9.83. The lowest BCUT2D eigenvalue weighted by Gasteiger charge is -2.39. The second-order valence-corrected chi connectivity index (χ2v) is 32.2. The summed E-state index contributed by atoms with van der Waals surface area (Å²) in [4.78, 5) is 230. The zero-order valence-corrected chi connectivity index (χ0v) is 69.4. The summed E-state index contributed by atoms with van der Waals surface area (Å²) in [7, 11) is 2.46. The molecular formula is C76H134N16O23. The van der Waals surface area contributed by atoms with Gasteiger partial charge in [-0.2, -0.15) is 0 Å². The Labute approximate surface area is 673 Å². The molecule has 2 fully saturated rings. The van der Waals surface area contributed by atoms with Gasteiger partial charge in [-0.25, -0.2) is 4.79 Å². The van der Waals surface area contributed by atoms with Crippen molar-refractivity contribution in [2.45, 2.75) is 290 Å². The van der Waals surface area contributed by atoms with Crippen LogP contribution in [0.4, 0.5) is 0 Å². The van der Waals surface area contributed by atoms with Gasteiger partial charge in [0, 0.05) is 51.9 Å². The Hall–Kier alpha value is -8.76. The van der Waals surface area contributed by atoms with Crippen molar-refractivity contribution < 1.29 is 112 Å². The number of carboxylic acids is 1. The van der Waals surface area contributed by atoms with Gasteiger partial charge in [0.05, 0.1) is 37.2 Å². The summed E-state index contributed by atoms with van der Waals surface area (Å²) in [5.41, 5.74) is 28.6. The molecule has 24 N–H and O–H groups in total. The zero-order chi connectivity index (χ0) is 87.7. The molecule has 2 rings (SSSR count). The van der Waals surface area contributed by atoms with Gasteiger partial charge >= 0.3 is 11.9 Å². The number of aliphatic hydroxyl groups is 4. The third kappa shape index (κ3) is 33.0. The monoisotopic (exact) mass is 1640 g/mol. The average molecular weight is 1640 g/mol. The summed E-state index contributed by atoms with van der Waals surface area (Å²) >= 11 is 0. The number of esters is 1. The Kier molecular flexibility index (Phi) is 44.5. The second-order valence-electron chi connectivity index (χ2n) is 32.2. The number of likely N-dealkylation sites (N-methyl/N-ethyl adjacent to an activating group) is 1. The molecule has 0 aliphatic carbocycles. The minimum Gasteiger partial charge on any atom is -0.481 e. The van der Waals surface area contributed by atoms with Crippen molar-refractivity contribution in [1.82, 2.24) is 57.7 Å². The first-order valence-corrected chi connectivity index (χ1v) is 39.9. The van der Waals surface area contributed by atoms with Gasteiger partial charge in [0.1, 0.15) is 66.6 Å². The Morgan fingerprint density at radius 1 is 0.626 bits per heavy atom. The topological polar surface area (TPSA) is 638 Å². The molecule has 0 aromatic heterocycles. The number of rotatable bonds is 40. The molecule has 39 heteroatoms. The number of carbonyl (C=O) groups excluding carboxylic acids is 15. The highest BCUT2D eigenvalue weighted by molar-refractivity contribution is 5.99. The van der Waals surface area contributed by atoms with Crippen molar-refractivity contribution in [1.29, 1.82) is 0 Å². The summed E-state index contributed by atoms with van der Waals surface area (Å²) in [5.74, 6) is -24.2. The van der Waals surface area contributed by atoms with Gasteiger partial charge in [0.2, 0.25) is 76.8 Å². The van der Waals surface area contributed by atoms with Crippen molar-refractivity contribution in [3.8, 4) is 0 Å². The second kappa shape index (κ2) is 50.0. The third-order valence-corrected chi connectivity index (χ3v) is 21.6. The van der Waals surface area contributed by atoms with Crippen LogP contribution >= 0.6 is 0 Å². The smallest absolute Gasteiger partial charge is 0.329 e. The van der Waals surface area contributed by atoms with Gasteiger partial charge in [0.25, 0.3) is 5.91 Å². The van der Waals surface area contributed by atoms with Crippen molar-refractivity contribution >= 4 is 94.6 Å². The summed E-state index contributed by atoms with van der Waals surface area (Å²) in [6.45, 7) is 19.8. The number of hydrogen-bond donors (Lipinski definition) is 19. The Morgan fingerprint density at radius 2 is 1.22 bits per heavy atom. The van der Waals surface area contributed by atoms with Gasteiger partial charge in [-0.3, -0.25) is 71.9 Å². The van der Waals surface area contributed by atoms with Crippen LogP contribution in [0.5, 0.6) is 0 Å². The number of piperidine rings is 1. The van der Waals surface area contributed by atoms with Crippen LogP contribution in [0.15, 0.2) is 0 Å². The molecule has 2 aliphatic heterocycles. The highest BCUT2D eigenvalue weighted by Gasteiger charge is 2.48. The van der Waals surface area contributed by atoms with Crippen molar-refractivity contribution in [2.75, 3.05) is 40.4 Å². The van der Waals surface area contributed by atoms with Crippen molar-refractivity contribution in [3.05, 3.63) is 0 Å². The minimum absolute atomic E-state index is 0.0292. The fourth-order valence-electron chi connectivity index (χ4n) is 14.0. The number of methoxy groups -OCH3 is 1. The quantitative estimate of drug-likeness (QED) is 0.0259. The van der Waals surface area contributed by atoms with Crippen LogP contribution in [0.25, 0.3) is 0 Å². The van der Waals surface area contributed by atoms with Crippen molar-refractivity contribution in [3.63, 3.8) is 0 Å². The zero-order valence-electron chi connectivity index (χ0n) is 69.4. The van der Waals surface area contributed by atoms with Crippen molar-refractivity contribution in [2.24, 2.45) is 81.9 Å². The maximum absolute atomic E-state index is 15.6. The molecule has 115 heavy (non-hydrogen) atoms. The van der Waals surface area contributed by atoms with Gasteiger partial charge < -0.3 is 121 Å². The van der Waals surface area contributed by atoms with E-state index in [9.17, 15) is 83.1 Å². The molecule has 0 saturated carbocycles. The van der Waals surface area contributed by atoms with E-state index in [0.29, 0.717) is 12.3 Å². The van der Waals surface area contributed by atoms with E-state index in [2.05, 4.69) is 61.7 Å². The molecule has 0 radical (unpaired) electrons. The molecule has 0 aromatic rings. The number of aliphatic hydroxyl groups excluding tert-OH is 4. The molecule has 14 amide bonds. The summed E-state index contributed by atoms with van der Waals surface area (Å²) in [6, 6.07) is -19.4. The third-order valence-electron chi connectivity index (χ3n) is 21.6. The molecule has 0 unspecified atom stereocenters. The van der Waals surface area contributed by atoms with E-state index in [-0.39, 0.29) is 102 Å². The molecule has 39 nitrogen and oxygen atoms in total. The number of primary amides is 3. The molecule has 0 bridgehead atoms. The first-order chi connectivity index (χ1) is 53.7. The molecule has 656 valence electrons. The number of carbonyl (C=O) groups is 16. The van der Waals surface area contributed by atoms with E-state index >= 15 is 19.2 Å². The number of hydrogen-bond acceptors (Lipinski definition) is 24. The number of fused-ring (bicyclic) bond motifs is 1. The molecule has 22 atom stereocenters. The standard InChI is InChI=1S/C76H134N16O23/c1-36(2)30-39(7)32-40(8)61(99)44(12)66(103)83-48(20-18-27-77)67(104)82-47(24-26-55(80)95)62(100)63(101)73(110)89-58(42(10)43(11)65(81)102)70(107)90-60-64(41(9)38(5)6)115-76(113)53-22-16-17-29-92(53)75(112)51(34-57(97)98)86-71(108)59(45(13)114-15)88-56(96)33-46(23-25-54(79)94)91(14)74(111)50(31-37(3)4)85-68(105)49(21-19-28-78)84-69(106)52(35-93)87-72(60)109/h36-53,58-64,93,99-101H,16-35,77-78H2,1-15H3,(H2,79,94)(H2,80,95)(H2,81,102)(H,82,104)(H,83,103)(H,84,106)(H,85,105)(H,86,108)(H,87,109)(H,88,96)(H,89,110)(H,90,107)(H,97,98)/t39-,40-,41-,42+,43-,44-,45-,46+,47+,48-,49-,50+,51-,52-,53+,58+,59+,60-,61-,62-,63-,64-/m1/s1. The average Bonchev–Trinajstić information content (AvgIpc) is 0.800. The SMILES string of the molecule is CO[C@H](C)[C@@H]1NC(=O)C[C@H](CCC(N)=O)N(C)C(=O)[C@H](CC(C)C)NC(=O)[C@@H](CCCN)NC(=O)[C@@H](CO)NC(=O)[C@H](NC(=O)[C@@H](NC(=O)[C@H](O)[C@H](O)[C@H](CCC(N)=O)NC(=O)[C@@H](CCCN)NC(=O)[C@H](C)[C@H](O)[C@H](C)C[C@H](C)CC(C)C)[C@@H](C)[C@@H](C)C(N)=O)[C@@H]([C@H](C)C(C)C)OC(=O)[C@@H]2CCCCN2C(=O)[C@@H](CC(=O)O)NC1=O. The van der Waals surface area contributed by atoms with E-state index in [4.69, 9.17) is 38.1 Å². The van der Waals surface area contributed by atoms with E-state index in [1.54, 1.807) is 34.6 Å². The fraction of sp³-hybridized carbons (Fsp3) is 0.789. The van der Waals surface area contributed by atoms with E-state index < -0.39 is 253 Å². The highest BCUT2D eigenvalue weighted by Crippen LogP contribution is 2.29. The van der Waals surface area contributed by atoms with E-state index in [1.165, 1.54) is 48.8 Å². The van der Waals surface area contributed by atoms with Crippen LogP contribution in [0.3, 0.4) is 0 Å². The number of nitrogens with two attached hydrogens (primary N) is 5. The first kappa shape index (κ1) is 102. The minimum atomic E-state index is -2.69. The van der Waals surface area contributed by atoms with E-state index in [1.807, 2.05) is 6.92 Å². The molecule has 0 spiro atoms. The number of ether oxygens (including phenoxy) is 2. The summed E-state index contributed by atoms with van der Waals surface area (Å²) in [5, 5.41) is 78.7. The Bertz CT molecular complexity index is 3280. The van der Waals surface area contributed by atoms with Gasteiger partial charge in [-0.1, -0.05) is 83.1 Å². The number of amides is 14. The maximum atomic E-state index is 15.6. The Balaban J connectivity index is 3.10. The van der Waals surface area contributed by atoms with Crippen LogP contribution in [0, 0.1) is 53.3 Å². The van der Waals surface area contributed by atoms with Crippen LogP contribution in [0.2, 0.25) is 0 Å². The van der Waals surface area contributed by atoms with E-state index in [0.717, 1.165) is 16.2 Å². The number of nitrogens with zero attached hydrogens (tertiary/aromatic N) is 2. The predicted molar refractivity (Wildman–Crippen MR) is 418 cm³/mol. The molecule has 2 saturated heterocycles. The van der Waals surface area contributed by atoms with Crippen LogP contribution in [-0.4, -0.2) is 267 Å². The van der Waals surface area contributed by atoms with Crippen LogP contribution < -0.4 is 76.5 Å². The number of carboxylic acid groups (broad SMARTS) is 1. The Morgan fingerprint density at radius 3 is 1.77 bits per heavy atom. The van der Waals surface area contributed by atoms with Crippen LogP contribution in [-0.2, 0) is 86.2 Å². The summed E-state index contributed by atoms with van der Waals surface area (Å²) in [6.07, 6.45) is -11.6. The molecular weight excluding hydrogens is 1500 g/mol. The molecule has 2 heterocycles. The summed E-state index contributed by atoms with van der Waals surface area (Å²) < 4.78 is 11.8. The number of cyclic esters (lactones) is 1. The lowest BCUT2D eigenvalue weighted by molar-refractivity contribution is -0.168. The van der Waals surface area contributed by atoms with Gasteiger partial charge in [-0.05, 0) is 138 Å². The van der Waals surface area contributed by atoms with Gasteiger partial charge in [0.15, 0.2) is 6.10 Å². The highest BCUT2D eigenvalue weighted by atomic mass is 16.5. The molecule has 0 aromatic carbocycles. The predicted octanol–water partition coefficient (Wildman–Crippen LogP) is -4.09. The maximum Gasteiger partial charge on any atom is 0.329 e. The first-order valence-electron chi connectivity index (χ1n) is 39.9. The largest absolute Gasteiger partial charge is 0.481 e. The normalized spacial score (nSPS) is 24.4. The number of aliphatic carboxylic acids is 1. The fourth-order valence-corrected chi connectivity index (χ4v) is 14.0. The van der Waals surface area contributed by atoms with Crippen LogP contribution in [0.1, 0.15) is 193 Å². The number of nitrogens with one attached hydrogen (secondary N) is 9. The van der Waals surface area contributed by atoms with Gasteiger partial charge in [-0.15, -0.1) is 0 Å².